The first-order valence-electron chi connectivity index (χ1n) is 10.8. The van der Waals surface area contributed by atoms with E-state index in [2.05, 4.69) is 5.32 Å². The lowest BCUT2D eigenvalue weighted by Crippen LogP contribution is -2.47. The zero-order chi connectivity index (χ0) is 24.2. The molecule has 1 aromatic heterocycles. The van der Waals surface area contributed by atoms with E-state index in [1.165, 1.54) is 18.2 Å². The summed E-state index contributed by atoms with van der Waals surface area (Å²) in [6, 6.07) is 21.2. The molecule has 3 aromatic carbocycles. The maximum Gasteiger partial charge on any atom is 0.356 e. The fourth-order valence-electron chi connectivity index (χ4n) is 3.51. The van der Waals surface area contributed by atoms with Gasteiger partial charge in [0, 0.05) is 17.8 Å². The molecule has 34 heavy (non-hydrogen) atoms. The van der Waals surface area contributed by atoms with Crippen LogP contribution in [0.3, 0.4) is 0 Å². The summed E-state index contributed by atoms with van der Waals surface area (Å²) in [5, 5.41) is 29.6. The van der Waals surface area contributed by atoms with E-state index in [4.69, 9.17) is 4.74 Å². The molecule has 0 bridgehead atoms. The number of fused-ring (bicyclic) bond motifs is 1. The lowest BCUT2D eigenvalue weighted by molar-refractivity contribution is -0.622. The standard InChI is InChI=1S/C26H23N3O5/c1-17(2)16-34-26(31)19-13-14-21-22(15-19)29(33)24(25(30)27-20-11-7-4-8-12-20)23(28(21)32)18-9-5-3-6-10-18/h3-15,17H,16H2,1-2H3,(H,27,30). The molecule has 0 atom stereocenters. The average molecular weight is 457 g/mol. The van der Waals surface area contributed by atoms with Gasteiger partial charge in [0.15, 0.2) is 0 Å². The molecule has 1 N–H and O–H groups in total. The predicted molar refractivity (Wildman–Crippen MR) is 127 cm³/mol. The van der Waals surface area contributed by atoms with Crippen LogP contribution < -0.4 is 14.8 Å². The van der Waals surface area contributed by atoms with Crippen LogP contribution in [0.2, 0.25) is 0 Å². The zero-order valence-corrected chi connectivity index (χ0v) is 18.7. The number of rotatable bonds is 6. The van der Waals surface area contributed by atoms with Crippen LogP contribution in [-0.4, -0.2) is 18.5 Å². The van der Waals surface area contributed by atoms with Crippen molar-refractivity contribution in [1.29, 1.82) is 0 Å². The van der Waals surface area contributed by atoms with Crippen molar-refractivity contribution in [3.8, 4) is 11.3 Å². The summed E-state index contributed by atoms with van der Waals surface area (Å²) in [4.78, 5) is 25.7. The van der Waals surface area contributed by atoms with E-state index in [0.717, 1.165) is 0 Å². The number of nitrogens with zero attached hydrogens (tertiary/aromatic N) is 2. The molecule has 0 saturated heterocycles. The molecule has 1 amide bonds. The van der Waals surface area contributed by atoms with Crippen molar-refractivity contribution < 1.29 is 23.8 Å². The normalized spacial score (nSPS) is 10.9. The second kappa shape index (κ2) is 9.58. The van der Waals surface area contributed by atoms with E-state index in [9.17, 15) is 20.0 Å². The minimum atomic E-state index is -0.751. The quantitative estimate of drug-likeness (QED) is 0.269. The van der Waals surface area contributed by atoms with Gasteiger partial charge in [-0.1, -0.05) is 50.2 Å². The van der Waals surface area contributed by atoms with Crippen LogP contribution in [0.5, 0.6) is 0 Å². The lowest BCUT2D eigenvalue weighted by atomic mass is 10.1. The second-order valence-corrected chi connectivity index (χ2v) is 8.17. The third-order valence-corrected chi connectivity index (χ3v) is 5.12. The Hall–Kier alpha value is -4.46. The molecule has 0 aliphatic heterocycles. The molecule has 0 aliphatic carbocycles. The maximum absolute atomic E-state index is 13.5. The molecule has 0 radical (unpaired) electrons. The third-order valence-electron chi connectivity index (χ3n) is 5.12. The Kier molecular flexibility index (Phi) is 6.40. The first kappa shape index (κ1) is 22.7. The second-order valence-electron chi connectivity index (χ2n) is 8.17. The Balaban J connectivity index is 1.89. The van der Waals surface area contributed by atoms with E-state index in [1.54, 1.807) is 60.7 Å². The largest absolute Gasteiger partial charge is 0.617 e. The number of nitrogens with one attached hydrogen (secondary N) is 1. The molecular weight excluding hydrogens is 434 g/mol. The van der Waals surface area contributed by atoms with Gasteiger partial charge >= 0.3 is 23.3 Å². The Morgan fingerprint density at radius 3 is 2.18 bits per heavy atom. The van der Waals surface area contributed by atoms with Crippen molar-refractivity contribution in [2.75, 3.05) is 11.9 Å². The molecule has 0 saturated carbocycles. The summed E-state index contributed by atoms with van der Waals surface area (Å²) in [7, 11) is 0. The number of aromatic nitrogens is 2. The van der Waals surface area contributed by atoms with Crippen molar-refractivity contribution >= 4 is 28.6 Å². The van der Waals surface area contributed by atoms with E-state index >= 15 is 0 Å². The highest BCUT2D eigenvalue weighted by molar-refractivity contribution is 6.05. The molecular formula is C26H23N3O5. The fourth-order valence-corrected chi connectivity index (χ4v) is 3.51. The Morgan fingerprint density at radius 2 is 1.53 bits per heavy atom. The molecule has 0 fully saturated rings. The van der Waals surface area contributed by atoms with Crippen LogP contribution in [0.25, 0.3) is 22.3 Å². The minimum absolute atomic E-state index is 0.0190. The molecule has 0 unspecified atom stereocenters. The first-order chi connectivity index (χ1) is 16.4. The van der Waals surface area contributed by atoms with E-state index in [0.29, 0.717) is 20.7 Å². The molecule has 1 heterocycles. The highest BCUT2D eigenvalue weighted by Crippen LogP contribution is 2.22. The Bertz CT molecular complexity index is 1360. The van der Waals surface area contributed by atoms with Gasteiger partial charge in [0.2, 0.25) is 0 Å². The van der Waals surface area contributed by atoms with Crippen molar-refractivity contribution in [2.45, 2.75) is 13.8 Å². The molecule has 4 aromatic rings. The highest BCUT2D eigenvalue weighted by Gasteiger charge is 2.35. The van der Waals surface area contributed by atoms with Crippen LogP contribution in [0.1, 0.15) is 34.7 Å². The number of amides is 1. The van der Waals surface area contributed by atoms with Crippen LogP contribution in [0.4, 0.5) is 5.69 Å². The summed E-state index contributed by atoms with van der Waals surface area (Å²) in [5.74, 6) is -1.23. The average Bonchev–Trinajstić information content (AvgIpc) is 2.85. The van der Waals surface area contributed by atoms with Gasteiger partial charge in [-0.15, -0.1) is 4.73 Å². The molecule has 172 valence electrons. The first-order valence-corrected chi connectivity index (χ1v) is 10.8. The smallest absolute Gasteiger partial charge is 0.356 e. The maximum atomic E-state index is 13.5. The van der Waals surface area contributed by atoms with Gasteiger partial charge in [0.1, 0.15) is 0 Å². The summed E-state index contributed by atoms with van der Waals surface area (Å²) < 4.78 is 6.18. The number of esters is 1. The van der Waals surface area contributed by atoms with Crippen LogP contribution in [0, 0.1) is 16.3 Å². The zero-order valence-electron chi connectivity index (χ0n) is 18.7. The molecule has 8 heteroatoms. The number of carbonyl (C=O) groups excluding carboxylic acids is 2. The molecule has 0 spiro atoms. The van der Waals surface area contributed by atoms with Gasteiger partial charge in [-0.3, -0.25) is 4.79 Å². The van der Waals surface area contributed by atoms with Gasteiger partial charge in [0.05, 0.1) is 17.7 Å². The van der Waals surface area contributed by atoms with Crippen LogP contribution >= 0.6 is 0 Å². The van der Waals surface area contributed by atoms with Crippen LogP contribution in [-0.2, 0) is 4.74 Å². The van der Waals surface area contributed by atoms with E-state index in [1.807, 2.05) is 13.8 Å². The Morgan fingerprint density at radius 1 is 0.882 bits per heavy atom. The highest BCUT2D eigenvalue weighted by atomic mass is 16.5. The summed E-state index contributed by atoms with van der Waals surface area (Å²) in [6.45, 7) is 4.03. The third kappa shape index (κ3) is 4.52. The van der Waals surface area contributed by atoms with Gasteiger partial charge in [-0.2, -0.15) is 4.73 Å². The number of ether oxygens (including phenoxy) is 1. The van der Waals surface area contributed by atoms with Crippen molar-refractivity contribution in [3.63, 3.8) is 0 Å². The number of carbonyl (C=O) groups is 2. The van der Waals surface area contributed by atoms with Gasteiger partial charge in [-0.25, -0.2) is 4.79 Å². The number of hydrogen-bond donors (Lipinski definition) is 1. The summed E-state index contributed by atoms with van der Waals surface area (Å²) >= 11 is 0. The lowest BCUT2D eigenvalue weighted by Gasteiger charge is -2.14. The van der Waals surface area contributed by atoms with Crippen molar-refractivity contribution in [2.24, 2.45) is 5.92 Å². The number of anilines is 1. The van der Waals surface area contributed by atoms with Crippen molar-refractivity contribution in [3.05, 3.63) is 101 Å². The van der Waals surface area contributed by atoms with Gasteiger partial charge in [0.25, 0.3) is 11.0 Å². The number of para-hydroxylation sites is 1. The fraction of sp³-hybridized carbons (Fsp3) is 0.154. The Labute approximate surface area is 196 Å². The number of benzene rings is 3. The van der Waals surface area contributed by atoms with Gasteiger partial charge in [-0.05, 0) is 36.2 Å². The summed E-state index contributed by atoms with van der Waals surface area (Å²) in [5.41, 5.74) is 0.409. The number of hydrogen-bond acceptors (Lipinski definition) is 5. The predicted octanol–water partition coefficient (Wildman–Crippen LogP) is 3.84. The van der Waals surface area contributed by atoms with E-state index < -0.39 is 11.9 Å². The molecule has 4 rings (SSSR count). The monoisotopic (exact) mass is 457 g/mol. The van der Waals surface area contributed by atoms with Crippen LogP contribution in [0.15, 0.2) is 78.9 Å². The molecule has 8 nitrogen and oxygen atoms in total. The van der Waals surface area contributed by atoms with Crippen molar-refractivity contribution in [1.82, 2.24) is 0 Å². The van der Waals surface area contributed by atoms with Gasteiger partial charge < -0.3 is 20.5 Å². The minimum Gasteiger partial charge on any atom is -0.617 e. The summed E-state index contributed by atoms with van der Waals surface area (Å²) in [6.07, 6.45) is 0. The van der Waals surface area contributed by atoms with E-state index in [-0.39, 0.29) is 40.5 Å². The topological polar surface area (TPSA) is 109 Å². The SMILES string of the molecule is CC(C)COC(=O)c1ccc2c(c1)[n+]([O-])c(C(=O)Nc1ccccc1)c(-c1ccccc1)[n+]2[O-]. The molecule has 0 aliphatic rings.